The predicted molar refractivity (Wildman–Crippen MR) is 112 cm³/mol. The van der Waals surface area contributed by atoms with Gasteiger partial charge in [0, 0.05) is 13.7 Å². The summed E-state index contributed by atoms with van der Waals surface area (Å²) in [6, 6.07) is 12.7. The summed E-state index contributed by atoms with van der Waals surface area (Å²) in [6.07, 6.45) is 0.938. The van der Waals surface area contributed by atoms with Crippen molar-refractivity contribution in [1.29, 1.82) is 0 Å². The Bertz CT molecular complexity index is 881. The molecular weight excluding hydrogens is 410 g/mol. The number of hydrogen-bond acceptors (Lipinski definition) is 7. The van der Waals surface area contributed by atoms with Crippen LogP contribution in [0.25, 0.3) is 0 Å². The molecular formula is C21H27NO7S. The molecule has 0 fully saturated rings. The van der Waals surface area contributed by atoms with Gasteiger partial charge in [-0.2, -0.15) is 0 Å². The van der Waals surface area contributed by atoms with Crippen molar-refractivity contribution in [2.45, 2.75) is 18.2 Å². The van der Waals surface area contributed by atoms with Gasteiger partial charge in [-0.3, -0.25) is 0 Å². The van der Waals surface area contributed by atoms with Crippen LogP contribution in [0.15, 0.2) is 53.4 Å². The quantitative estimate of drug-likeness (QED) is 0.380. The number of benzene rings is 2. The molecule has 0 unspecified atom stereocenters. The SMILES string of the molecule is CCCOc1ccc(OCCOC(=O)c2ccc(S(=O)(=O)NCCOC)cc2)cc1. The van der Waals surface area contributed by atoms with Gasteiger partial charge in [-0.15, -0.1) is 0 Å². The van der Waals surface area contributed by atoms with Crippen LogP contribution in [0.2, 0.25) is 0 Å². The van der Waals surface area contributed by atoms with E-state index >= 15 is 0 Å². The van der Waals surface area contributed by atoms with Crippen molar-refractivity contribution in [2.75, 3.05) is 40.1 Å². The molecule has 0 spiro atoms. The first-order valence-corrected chi connectivity index (χ1v) is 11.1. The fraction of sp³-hybridized carbons (Fsp3) is 0.381. The summed E-state index contributed by atoms with van der Waals surface area (Å²) in [6.45, 7) is 3.38. The maximum atomic E-state index is 12.1. The van der Waals surface area contributed by atoms with Crippen LogP contribution in [-0.2, 0) is 19.5 Å². The monoisotopic (exact) mass is 437 g/mol. The lowest BCUT2D eigenvalue weighted by Crippen LogP contribution is -2.27. The molecule has 2 aromatic rings. The zero-order valence-corrected chi connectivity index (χ0v) is 17.9. The van der Waals surface area contributed by atoms with Gasteiger partial charge >= 0.3 is 5.97 Å². The lowest BCUT2D eigenvalue weighted by Gasteiger charge is -2.09. The normalized spacial score (nSPS) is 11.1. The maximum absolute atomic E-state index is 12.1. The number of sulfonamides is 1. The summed E-state index contributed by atoms with van der Waals surface area (Å²) in [7, 11) is -2.16. The molecule has 0 amide bonds. The highest BCUT2D eigenvalue weighted by Gasteiger charge is 2.15. The third-order valence-electron chi connectivity index (χ3n) is 3.88. The number of ether oxygens (including phenoxy) is 4. The van der Waals surface area contributed by atoms with Crippen molar-refractivity contribution in [2.24, 2.45) is 0 Å². The van der Waals surface area contributed by atoms with Gasteiger partial charge < -0.3 is 18.9 Å². The van der Waals surface area contributed by atoms with Gasteiger partial charge in [0.05, 0.1) is 23.7 Å². The van der Waals surface area contributed by atoms with E-state index in [4.69, 9.17) is 18.9 Å². The van der Waals surface area contributed by atoms with Crippen LogP contribution in [0.1, 0.15) is 23.7 Å². The molecule has 0 atom stereocenters. The van der Waals surface area contributed by atoms with Crippen LogP contribution >= 0.6 is 0 Å². The number of carbonyl (C=O) groups is 1. The number of methoxy groups -OCH3 is 1. The summed E-state index contributed by atoms with van der Waals surface area (Å²) >= 11 is 0. The van der Waals surface area contributed by atoms with Crippen molar-refractivity contribution in [3.63, 3.8) is 0 Å². The van der Waals surface area contributed by atoms with Gasteiger partial charge in [-0.25, -0.2) is 17.9 Å². The van der Waals surface area contributed by atoms with Crippen LogP contribution in [-0.4, -0.2) is 54.5 Å². The van der Waals surface area contributed by atoms with E-state index < -0.39 is 16.0 Å². The van der Waals surface area contributed by atoms with Crippen LogP contribution in [0.5, 0.6) is 11.5 Å². The summed E-state index contributed by atoms with van der Waals surface area (Å²) in [5.41, 5.74) is 0.253. The summed E-state index contributed by atoms with van der Waals surface area (Å²) in [4.78, 5) is 12.2. The van der Waals surface area contributed by atoms with Crippen molar-refractivity contribution < 1.29 is 32.2 Å². The van der Waals surface area contributed by atoms with E-state index in [2.05, 4.69) is 4.72 Å². The Morgan fingerprint density at radius 3 is 2.03 bits per heavy atom. The molecule has 0 aliphatic rings. The molecule has 0 aromatic heterocycles. The molecule has 0 heterocycles. The number of hydrogen-bond donors (Lipinski definition) is 1. The molecule has 9 heteroatoms. The van der Waals surface area contributed by atoms with Crippen molar-refractivity contribution >= 4 is 16.0 Å². The Morgan fingerprint density at radius 2 is 1.47 bits per heavy atom. The summed E-state index contributed by atoms with van der Waals surface area (Å²) in [5.74, 6) is 0.860. The number of nitrogens with one attached hydrogen (secondary N) is 1. The molecule has 164 valence electrons. The minimum absolute atomic E-state index is 0.0600. The lowest BCUT2D eigenvalue weighted by atomic mass is 10.2. The average Bonchev–Trinajstić information content (AvgIpc) is 2.76. The van der Waals surface area contributed by atoms with Crippen LogP contribution in [0, 0.1) is 0 Å². The minimum Gasteiger partial charge on any atom is -0.494 e. The third-order valence-corrected chi connectivity index (χ3v) is 5.36. The van der Waals surface area contributed by atoms with Gasteiger partial charge in [0.25, 0.3) is 0 Å². The highest BCUT2D eigenvalue weighted by Crippen LogP contribution is 2.17. The molecule has 0 radical (unpaired) electrons. The Hall–Kier alpha value is -2.62. The fourth-order valence-corrected chi connectivity index (χ4v) is 3.37. The summed E-state index contributed by atoms with van der Waals surface area (Å²) in [5, 5.41) is 0. The van der Waals surface area contributed by atoms with Gasteiger partial charge in [0.1, 0.15) is 24.7 Å². The second-order valence-electron chi connectivity index (χ2n) is 6.22. The molecule has 0 saturated carbocycles. The molecule has 30 heavy (non-hydrogen) atoms. The molecule has 2 aromatic carbocycles. The molecule has 8 nitrogen and oxygen atoms in total. The van der Waals surface area contributed by atoms with Gasteiger partial charge in [0.15, 0.2) is 0 Å². The highest BCUT2D eigenvalue weighted by molar-refractivity contribution is 7.89. The first kappa shape index (κ1) is 23.7. The highest BCUT2D eigenvalue weighted by atomic mass is 32.2. The standard InChI is InChI=1S/C21H27NO7S/c1-3-13-27-18-6-8-19(9-7-18)28-15-16-29-21(23)17-4-10-20(11-5-17)30(24,25)22-12-14-26-2/h4-11,22H,3,12-16H2,1-2H3. The molecule has 0 aliphatic carbocycles. The number of esters is 1. The smallest absolute Gasteiger partial charge is 0.338 e. The lowest BCUT2D eigenvalue weighted by molar-refractivity contribution is 0.0450. The van der Waals surface area contributed by atoms with E-state index in [1.807, 2.05) is 19.1 Å². The van der Waals surface area contributed by atoms with E-state index in [9.17, 15) is 13.2 Å². The second-order valence-corrected chi connectivity index (χ2v) is 7.99. The average molecular weight is 438 g/mol. The molecule has 1 N–H and O–H groups in total. The van der Waals surface area contributed by atoms with E-state index in [0.717, 1.165) is 12.2 Å². The second kappa shape index (κ2) is 12.2. The van der Waals surface area contributed by atoms with Gasteiger partial charge in [-0.1, -0.05) is 6.92 Å². The maximum Gasteiger partial charge on any atom is 0.338 e. The Morgan fingerprint density at radius 1 is 0.867 bits per heavy atom. The van der Waals surface area contributed by atoms with Crippen LogP contribution < -0.4 is 14.2 Å². The van der Waals surface area contributed by atoms with E-state index in [1.54, 1.807) is 12.1 Å². The first-order chi connectivity index (χ1) is 14.5. The van der Waals surface area contributed by atoms with Gasteiger partial charge in [0.2, 0.25) is 10.0 Å². The molecule has 2 rings (SSSR count). The summed E-state index contributed by atoms with van der Waals surface area (Å²) < 4.78 is 47.6. The first-order valence-electron chi connectivity index (χ1n) is 9.57. The zero-order chi connectivity index (χ0) is 21.8. The molecule has 0 saturated heterocycles. The van der Waals surface area contributed by atoms with E-state index in [0.29, 0.717) is 12.4 Å². The zero-order valence-electron chi connectivity index (χ0n) is 17.1. The van der Waals surface area contributed by atoms with Crippen LogP contribution in [0.3, 0.4) is 0 Å². The van der Waals surface area contributed by atoms with E-state index in [1.165, 1.54) is 31.4 Å². The van der Waals surface area contributed by atoms with E-state index in [-0.39, 0.29) is 36.8 Å². The Labute approximate surface area is 177 Å². The molecule has 0 aliphatic heterocycles. The number of carbonyl (C=O) groups excluding carboxylic acids is 1. The van der Waals surface area contributed by atoms with Crippen molar-refractivity contribution in [1.82, 2.24) is 4.72 Å². The topological polar surface area (TPSA) is 100 Å². The third kappa shape index (κ3) is 7.66. The largest absolute Gasteiger partial charge is 0.494 e. The number of rotatable bonds is 13. The Balaban J connectivity index is 1.77. The van der Waals surface area contributed by atoms with Gasteiger partial charge in [-0.05, 0) is 55.0 Å². The van der Waals surface area contributed by atoms with Crippen molar-refractivity contribution in [3.8, 4) is 11.5 Å². The fourth-order valence-electron chi connectivity index (χ4n) is 2.36. The Kier molecular flexibility index (Phi) is 9.59. The minimum atomic E-state index is -3.65. The predicted octanol–water partition coefficient (Wildman–Crippen LogP) is 2.64. The van der Waals surface area contributed by atoms with Crippen LogP contribution in [0.4, 0.5) is 0 Å². The van der Waals surface area contributed by atoms with Crippen molar-refractivity contribution in [3.05, 3.63) is 54.1 Å². The molecule has 0 bridgehead atoms.